The minimum atomic E-state index is -0.340. The Morgan fingerprint density at radius 3 is 2.59 bits per heavy atom. The number of hydrogen-bond donors (Lipinski definition) is 0. The van der Waals surface area contributed by atoms with Crippen molar-refractivity contribution in [3.8, 4) is 17.0 Å². The molecular weight excluding hydrogens is 469 g/mol. The summed E-state index contributed by atoms with van der Waals surface area (Å²) in [6.07, 6.45) is 5.95. The molecule has 0 saturated heterocycles. The van der Waals surface area contributed by atoms with Crippen molar-refractivity contribution in [1.82, 2.24) is 14.4 Å². The Kier molecular flexibility index (Phi) is 7.54. The maximum atomic E-state index is 14.5. The maximum Gasteiger partial charge on any atom is 0.337 e. The van der Waals surface area contributed by atoms with Crippen molar-refractivity contribution in [3.63, 3.8) is 0 Å². The fraction of sp³-hybridized carbons (Fsp3) is 0.500. The fourth-order valence-corrected chi connectivity index (χ4v) is 5.97. The first-order chi connectivity index (χ1) is 17.9. The highest BCUT2D eigenvalue weighted by atomic mass is 19.1. The van der Waals surface area contributed by atoms with Gasteiger partial charge in [0.15, 0.2) is 0 Å². The monoisotopic (exact) mass is 507 g/mol. The van der Waals surface area contributed by atoms with Crippen LogP contribution in [0.3, 0.4) is 0 Å². The summed E-state index contributed by atoms with van der Waals surface area (Å²) < 4.78 is 28.2. The molecule has 1 aliphatic heterocycles. The topological polar surface area (TPSA) is 46.9 Å². The molecule has 7 heteroatoms. The molecule has 6 nitrogen and oxygen atoms in total. The number of methoxy groups -OCH3 is 1. The Labute approximate surface area is 218 Å². The van der Waals surface area contributed by atoms with Gasteiger partial charge in [0.05, 0.1) is 24.4 Å². The van der Waals surface area contributed by atoms with Crippen LogP contribution in [0, 0.1) is 5.82 Å². The van der Waals surface area contributed by atoms with Crippen LogP contribution < -0.4 is 4.74 Å². The Hall–Kier alpha value is -2.90. The lowest BCUT2D eigenvalue weighted by atomic mass is 9.81. The Balaban J connectivity index is 1.74. The summed E-state index contributed by atoms with van der Waals surface area (Å²) in [4.78, 5) is 17.0. The summed E-state index contributed by atoms with van der Waals surface area (Å²) in [6.45, 7) is 2.98. The van der Waals surface area contributed by atoms with Gasteiger partial charge in [0.2, 0.25) is 0 Å². The molecule has 0 radical (unpaired) electrons. The Morgan fingerprint density at radius 1 is 1.08 bits per heavy atom. The first-order valence-corrected chi connectivity index (χ1v) is 13.4. The van der Waals surface area contributed by atoms with Gasteiger partial charge in [-0.3, -0.25) is 4.90 Å². The third-order valence-corrected chi connectivity index (χ3v) is 8.08. The molecule has 1 fully saturated rings. The smallest absolute Gasteiger partial charge is 0.337 e. The average molecular weight is 508 g/mol. The fourth-order valence-electron chi connectivity index (χ4n) is 5.97. The number of halogens is 1. The number of aromatic nitrogens is 1. The highest BCUT2D eigenvalue weighted by molar-refractivity contribution is 5.99. The number of rotatable bonds is 6. The number of esters is 1. The summed E-state index contributed by atoms with van der Waals surface area (Å²) in [6, 6.07) is 10.9. The van der Waals surface area contributed by atoms with Crippen LogP contribution in [0.2, 0.25) is 0 Å². The molecule has 0 spiro atoms. The Morgan fingerprint density at radius 2 is 1.86 bits per heavy atom. The second kappa shape index (κ2) is 10.8. The molecule has 37 heavy (non-hydrogen) atoms. The normalized spacial score (nSPS) is 18.3. The van der Waals surface area contributed by atoms with Gasteiger partial charge in [0, 0.05) is 42.2 Å². The maximum absolute atomic E-state index is 14.5. The summed E-state index contributed by atoms with van der Waals surface area (Å²) in [5.74, 6) is 0.360. The van der Waals surface area contributed by atoms with E-state index in [0.29, 0.717) is 30.4 Å². The zero-order valence-corrected chi connectivity index (χ0v) is 22.4. The van der Waals surface area contributed by atoms with Crippen LogP contribution >= 0.6 is 0 Å². The number of hydrogen-bond acceptors (Lipinski definition) is 5. The van der Waals surface area contributed by atoms with Gasteiger partial charge in [-0.25, -0.2) is 9.18 Å². The lowest BCUT2D eigenvalue weighted by Crippen LogP contribution is -2.43. The highest BCUT2D eigenvalue weighted by Crippen LogP contribution is 2.47. The summed E-state index contributed by atoms with van der Waals surface area (Å²) >= 11 is 0. The van der Waals surface area contributed by atoms with Crippen molar-refractivity contribution in [2.75, 3.05) is 47.9 Å². The van der Waals surface area contributed by atoms with Crippen LogP contribution in [0.5, 0.6) is 5.75 Å². The van der Waals surface area contributed by atoms with Gasteiger partial charge in [0.1, 0.15) is 18.2 Å². The molecule has 2 aliphatic rings. The standard InChI is InChI=1S/C30H38FN3O3/c1-32(2)14-15-33(3)23-18-34-26-16-21(30(35)36-4)10-12-24(26)28(20-8-6-5-7-9-20)29(34)25-13-11-22(31)17-27(25)37-19-23/h10-13,16-17,20,23H,5-9,14-15,18-19H2,1-4H3. The zero-order chi connectivity index (χ0) is 26.1. The van der Waals surface area contributed by atoms with E-state index in [2.05, 4.69) is 41.6 Å². The number of ether oxygens (including phenoxy) is 2. The molecule has 3 aromatic rings. The molecule has 198 valence electrons. The molecule has 1 atom stereocenters. The van der Waals surface area contributed by atoms with E-state index in [-0.39, 0.29) is 17.8 Å². The van der Waals surface area contributed by atoms with Crippen molar-refractivity contribution in [1.29, 1.82) is 0 Å². The van der Waals surface area contributed by atoms with Crippen molar-refractivity contribution in [2.24, 2.45) is 0 Å². The van der Waals surface area contributed by atoms with Gasteiger partial charge < -0.3 is 18.9 Å². The number of nitrogens with zero attached hydrogens (tertiary/aromatic N) is 3. The molecule has 2 heterocycles. The zero-order valence-electron chi connectivity index (χ0n) is 22.4. The molecule has 1 aliphatic carbocycles. The molecule has 2 aromatic carbocycles. The first-order valence-electron chi connectivity index (χ1n) is 13.4. The molecular formula is C30H38FN3O3. The number of carbonyl (C=O) groups is 1. The summed E-state index contributed by atoms with van der Waals surface area (Å²) in [5.41, 5.74) is 4.90. The molecule has 0 N–H and O–H groups in total. The average Bonchev–Trinajstić information content (AvgIpc) is 3.20. The highest BCUT2D eigenvalue weighted by Gasteiger charge is 2.32. The van der Waals surface area contributed by atoms with E-state index in [1.807, 2.05) is 18.2 Å². The predicted octanol–water partition coefficient (Wildman–Crippen LogP) is 5.54. The molecule has 0 amide bonds. The predicted molar refractivity (Wildman–Crippen MR) is 145 cm³/mol. The SMILES string of the molecule is COC(=O)c1ccc2c(C3CCCCC3)c3n(c2c1)CC(N(C)CCN(C)C)COc1cc(F)ccc1-3. The summed E-state index contributed by atoms with van der Waals surface area (Å²) in [7, 11) is 7.69. The van der Waals surface area contributed by atoms with Crippen LogP contribution in [-0.4, -0.2) is 74.3 Å². The quantitative estimate of drug-likeness (QED) is 0.410. The van der Waals surface area contributed by atoms with E-state index < -0.39 is 0 Å². The van der Waals surface area contributed by atoms with Crippen molar-refractivity contribution in [2.45, 2.75) is 50.6 Å². The number of likely N-dealkylation sites (N-methyl/N-ethyl adjacent to an activating group) is 2. The van der Waals surface area contributed by atoms with E-state index in [9.17, 15) is 9.18 Å². The van der Waals surface area contributed by atoms with Gasteiger partial charge >= 0.3 is 5.97 Å². The van der Waals surface area contributed by atoms with E-state index in [1.165, 1.54) is 49.5 Å². The second-order valence-corrected chi connectivity index (χ2v) is 10.8. The van der Waals surface area contributed by atoms with Crippen LogP contribution in [-0.2, 0) is 11.3 Å². The van der Waals surface area contributed by atoms with Gasteiger partial charge in [0.25, 0.3) is 0 Å². The third-order valence-electron chi connectivity index (χ3n) is 8.08. The van der Waals surface area contributed by atoms with Gasteiger partial charge in [-0.05, 0) is 69.7 Å². The molecule has 1 saturated carbocycles. The van der Waals surface area contributed by atoms with Crippen LogP contribution in [0.1, 0.15) is 53.9 Å². The van der Waals surface area contributed by atoms with Crippen molar-refractivity contribution >= 4 is 16.9 Å². The number of benzene rings is 2. The first kappa shape index (κ1) is 25.7. The van der Waals surface area contributed by atoms with Crippen molar-refractivity contribution < 1.29 is 18.7 Å². The Bertz CT molecular complexity index is 1280. The molecule has 1 aromatic heterocycles. The van der Waals surface area contributed by atoms with E-state index in [1.54, 1.807) is 0 Å². The lowest BCUT2D eigenvalue weighted by molar-refractivity contribution is 0.0601. The van der Waals surface area contributed by atoms with E-state index >= 15 is 0 Å². The minimum Gasteiger partial charge on any atom is -0.491 e. The van der Waals surface area contributed by atoms with Gasteiger partial charge in [-0.15, -0.1) is 0 Å². The van der Waals surface area contributed by atoms with Crippen LogP contribution in [0.4, 0.5) is 4.39 Å². The van der Waals surface area contributed by atoms with Gasteiger partial charge in [-0.2, -0.15) is 0 Å². The second-order valence-electron chi connectivity index (χ2n) is 10.8. The van der Waals surface area contributed by atoms with Crippen molar-refractivity contribution in [3.05, 3.63) is 53.3 Å². The third kappa shape index (κ3) is 5.12. The molecule has 1 unspecified atom stereocenters. The van der Waals surface area contributed by atoms with Crippen LogP contribution in [0.15, 0.2) is 36.4 Å². The lowest BCUT2D eigenvalue weighted by Gasteiger charge is -2.33. The summed E-state index contributed by atoms with van der Waals surface area (Å²) in [5, 5.41) is 1.17. The number of carbonyl (C=O) groups excluding carboxylic acids is 1. The van der Waals surface area contributed by atoms with Crippen LogP contribution in [0.25, 0.3) is 22.2 Å². The minimum absolute atomic E-state index is 0.0757. The largest absolute Gasteiger partial charge is 0.491 e. The molecule has 0 bridgehead atoms. The number of fused-ring (bicyclic) bond motifs is 5. The molecule has 5 rings (SSSR count). The van der Waals surface area contributed by atoms with E-state index in [4.69, 9.17) is 9.47 Å². The van der Waals surface area contributed by atoms with Gasteiger partial charge in [-0.1, -0.05) is 25.3 Å². The van der Waals surface area contributed by atoms with E-state index in [0.717, 1.165) is 42.7 Å².